The van der Waals surface area contributed by atoms with E-state index in [0.717, 1.165) is 57.9 Å². The van der Waals surface area contributed by atoms with Gasteiger partial charge in [0.25, 0.3) is 0 Å². The maximum Gasteiger partial charge on any atom is 0.235 e. The Kier molecular flexibility index (Phi) is 4.31. The Labute approximate surface area is 202 Å². The first-order valence-electron chi connectivity index (χ1n) is 12.2. The van der Waals surface area contributed by atoms with Crippen LogP contribution in [0.25, 0.3) is 32.9 Å². The number of carbonyl (C=O) groups is 2. The zero-order valence-corrected chi connectivity index (χ0v) is 19.5. The summed E-state index contributed by atoms with van der Waals surface area (Å²) in [4.78, 5) is 29.8. The highest BCUT2D eigenvalue weighted by Gasteiger charge is 2.45. The molecule has 4 heterocycles. The molecule has 2 aromatic heterocycles. The van der Waals surface area contributed by atoms with Crippen molar-refractivity contribution < 1.29 is 9.59 Å². The van der Waals surface area contributed by atoms with E-state index in [0.29, 0.717) is 0 Å². The normalized spacial score (nSPS) is 19.6. The quantitative estimate of drug-likeness (QED) is 0.347. The number of aromatic amines is 1. The zero-order valence-electron chi connectivity index (χ0n) is 19.5. The number of nitrogens with one attached hydrogen (secondary N) is 2. The Hall–Kier alpha value is -4.12. The maximum atomic E-state index is 13.2. The Morgan fingerprint density at radius 2 is 1.66 bits per heavy atom. The summed E-state index contributed by atoms with van der Waals surface area (Å²) in [6.45, 7) is 3.02. The minimum Gasteiger partial charge on any atom is -0.361 e. The van der Waals surface area contributed by atoms with E-state index in [-0.39, 0.29) is 11.8 Å². The van der Waals surface area contributed by atoms with E-state index in [1.165, 1.54) is 16.6 Å². The lowest BCUT2D eigenvalue weighted by Crippen LogP contribution is -2.21. The zero-order chi connectivity index (χ0) is 23.7. The van der Waals surface area contributed by atoms with E-state index in [1.54, 1.807) is 0 Å². The van der Waals surface area contributed by atoms with E-state index in [2.05, 4.69) is 88.7 Å². The smallest absolute Gasteiger partial charge is 0.235 e. The van der Waals surface area contributed by atoms with Crippen molar-refractivity contribution in [3.8, 4) is 11.1 Å². The lowest BCUT2D eigenvalue weighted by molar-refractivity contribution is -0.125. The van der Waals surface area contributed by atoms with Crippen molar-refractivity contribution in [3.05, 3.63) is 95.3 Å². The predicted octanol–water partition coefficient (Wildman–Crippen LogP) is 5.57. The van der Waals surface area contributed by atoms with Gasteiger partial charge in [-0.15, -0.1) is 0 Å². The Bertz CT molecular complexity index is 1670. The molecule has 5 nitrogen and oxygen atoms in total. The number of aryl methyl sites for hydroxylation is 3. The summed E-state index contributed by atoms with van der Waals surface area (Å²) in [7, 11) is 0. The van der Waals surface area contributed by atoms with E-state index < -0.39 is 11.8 Å². The van der Waals surface area contributed by atoms with Crippen LogP contribution in [0.5, 0.6) is 0 Å². The summed E-state index contributed by atoms with van der Waals surface area (Å²) in [5.74, 6) is -1.57. The molecule has 2 aliphatic rings. The fourth-order valence-corrected chi connectivity index (χ4v) is 6.16. The summed E-state index contributed by atoms with van der Waals surface area (Å²) in [5, 5.41) is 4.71. The first-order chi connectivity index (χ1) is 17.1. The highest BCUT2D eigenvalue weighted by atomic mass is 16.2. The summed E-state index contributed by atoms with van der Waals surface area (Å²) < 4.78 is 2.27. The topological polar surface area (TPSA) is 66.9 Å². The summed E-state index contributed by atoms with van der Waals surface area (Å²) in [6.07, 6.45) is 6.15. The van der Waals surface area contributed by atoms with Crippen molar-refractivity contribution in [3.63, 3.8) is 0 Å². The monoisotopic (exact) mass is 459 g/mol. The minimum atomic E-state index is -0.576. The Morgan fingerprint density at radius 3 is 2.51 bits per heavy atom. The number of nitrogens with zero attached hydrogens (tertiary/aromatic N) is 1. The van der Waals surface area contributed by atoms with Crippen molar-refractivity contribution in [2.45, 2.75) is 38.1 Å². The number of hydrogen-bond donors (Lipinski definition) is 2. The highest BCUT2D eigenvalue weighted by Crippen LogP contribution is 2.44. The van der Waals surface area contributed by atoms with E-state index in [1.807, 2.05) is 6.20 Å². The molecule has 172 valence electrons. The van der Waals surface area contributed by atoms with Gasteiger partial charge in [0.2, 0.25) is 11.8 Å². The Morgan fingerprint density at radius 1 is 0.857 bits per heavy atom. The molecule has 2 amide bonds. The molecular weight excluding hydrogens is 434 g/mol. The third-order valence-electron chi connectivity index (χ3n) is 7.74. The predicted molar refractivity (Wildman–Crippen MR) is 137 cm³/mol. The van der Waals surface area contributed by atoms with E-state index in [9.17, 15) is 9.59 Å². The van der Waals surface area contributed by atoms with Gasteiger partial charge in [0.05, 0.1) is 17.4 Å². The van der Waals surface area contributed by atoms with Crippen LogP contribution in [0, 0.1) is 6.92 Å². The van der Waals surface area contributed by atoms with Gasteiger partial charge in [-0.3, -0.25) is 14.9 Å². The van der Waals surface area contributed by atoms with Crippen molar-refractivity contribution in [1.29, 1.82) is 0 Å². The largest absolute Gasteiger partial charge is 0.361 e. The molecule has 0 bridgehead atoms. The number of H-pyrrole nitrogens is 1. The van der Waals surface area contributed by atoms with Crippen molar-refractivity contribution in [2.24, 2.45) is 0 Å². The molecule has 35 heavy (non-hydrogen) atoms. The van der Waals surface area contributed by atoms with Crippen LogP contribution in [-0.4, -0.2) is 21.4 Å². The molecule has 0 aliphatic carbocycles. The second kappa shape index (κ2) is 7.44. The van der Waals surface area contributed by atoms with Crippen molar-refractivity contribution in [2.75, 3.05) is 0 Å². The molecule has 0 unspecified atom stereocenters. The van der Waals surface area contributed by atoms with E-state index in [4.69, 9.17) is 0 Å². The number of fused-ring (bicyclic) bond motifs is 1. The van der Waals surface area contributed by atoms with Crippen LogP contribution >= 0.6 is 0 Å². The molecule has 1 fully saturated rings. The average Bonchev–Trinajstić information content (AvgIpc) is 3.52. The van der Waals surface area contributed by atoms with Gasteiger partial charge in [0.1, 0.15) is 0 Å². The summed E-state index contributed by atoms with van der Waals surface area (Å²) in [6, 6.07) is 21.0. The van der Waals surface area contributed by atoms with Gasteiger partial charge in [-0.25, -0.2) is 0 Å². The van der Waals surface area contributed by atoms with Gasteiger partial charge in [-0.2, -0.15) is 0 Å². The van der Waals surface area contributed by atoms with Gasteiger partial charge in [0.15, 0.2) is 0 Å². The second-order valence-corrected chi connectivity index (χ2v) is 9.88. The standard InChI is InChI=1S/C30H25N3O2/c1-17-5-2-7-19(13-17)20-10-11-25-22(14-20)23(15-31-25)26-27(30(35)32-29(26)34)24-16-33-12-4-8-18-6-3-9-21(24)28(18)33/h2-3,5-7,9-11,13-16,26-27,31H,4,8,12H2,1H3,(H,32,34,35)/t26-,27-/m1/s1. The summed E-state index contributed by atoms with van der Waals surface area (Å²) >= 11 is 0. The molecular formula is C30H25N3O2. The van der Waals surface area contributed by atoms with Crippen LogP contribution in [0.3, 0.4) is 0 Å². The Balaban J connectivity index is 1.40. The van der Waals surface area contributed by atoms with Crippen LogP contribution in [0.4, 0.5) is 0 Å². The second-order valence-electron chi connectivity index (χ2n) is 9.88. The van der Waals surface area contributed by atoms with Gasteiger partial charge in [-0.05, 0) is 59.7 Å². The lowest BCUT2D eigenvalue weighted by Gasteiger charge is -2.15. The van der Waals surface area contributed by atoms with Gasteiger partial charge in [-0.1, -0.05) is 54.1 Å². The SMILES string of the molecule is Cc1cccc(-c2ccc3[nH]cc([C@H]4C(=O)NC(=O)[C@@H]4c4cn5c6c(cccc46)CCC5)c3c2)c1. The van der Waals surface area contributed by atoms with Crippen LogP contribution in [0.15, 0.2) is 73.1 Å². The van der Waals surface area contributed by atoms with Gasteiger partial charge >= 0.3 is 0 Å². The highest BCUT2D eigenvalue weighted by molar-refractivity contribution is 6.13. The molecule has 2 aliphatic heterocycles. The fourth-order valence-electron chi connectivity index (χ4n) is 6.16. The maximum absolute atomic E-state index is 13.2. The first kappa shape index (κ1) is 20.3. The third kappa shape index (κ3) is 3.01. The van der Waals surface area contributed by atoms with E-state index >= 15 is 0 Å². The number of carbonyl (C=O) groups excluding carboxylic acids is 2. The molecule has 2 N–H and O–H groups in total. The molecule has 0 saturated carbocycles. The molecule has 0 spiro atoms. The molecule has 3 aromatic carbocycles. The molecule has 5 heteroatoms. The molecule has 7 rings (SSSR count). The third-order valence-corrected chi connectivity index (χ3v) is 7.74. The van der Waals surface area contributed by atoms with Crippen molar-refractivity contribution >= 4 is 33.6 Å². The number of aromatic nitrogens is 2. The first-order valence-corrected chi connectivity index (χ1v) is 12.2. The lowest BCUT2D eigenvalue weighted by atomic mass is 9.82. The van der Waals surface area contributed by atoms with Crippen LogP contribution < -0.4 is 5.32 Å². The summed E-state index contributed by atoms with van der Waals surface area (Å²) in [5.41, 5.74) is 8.73. The number of amides is 2. The molecule has 5 aromatic rings. The number of benzene rings is 3. The van der Waals surface area contributed by atoms with Crippen LogP contribution in [0.2, 0.25) is 0 Å². The van der Waals surface area contributed by atoms with Crippen LogP contribution in [-0.2, 0) is 22.6 Å². The minimum absolute atomic E-state index is 0.215. The average molecular weight is 460 g/mol. The molecule has 1 saturated heterocycles. The number of imide groups is 1. The number of para-hydroxylation sites is 1. The molecule has 0 radical (unpaired) electrons. The van der Waals surface area contributed by atoms with Crippen molar-refractivity contribution in [1.82, 2.24) is 14.9 Å². The number of rotatable bonds is 3. The van der Waals surface area contributed by atoms with Crippen LogP contribution in [0.1, 0.15) is 40.5 Å². The fraction of sp³-hybridized carbons (Fsp3) is 0.200. The van der Waals surface area contributed by atoms with Gasteiger partial charge in [0, 0.05) is 35.2 Å². The van der Waals surface area contributed by atoms with Gasteiger partial charge < -0.3 is 9.55 Å². The number of hydrogen-bond acceptors (Lipinski definition) is 2. The molecule has 2 atom stereocenters.